The van der Waals surface area contributed by atoms with Crippen LogP contribution in [0, 0.1) is 0 Å². The third-order valence-electron chi connectivity index (χ3n) is 5.11. The summed E-state index contributed by atoms with van der Waals surface area (Å²) in [4.78, 5) is 6.56. The van der Waals surface area contributed by atoms with Crippen LogP contribution in [0.3, 0.4) is 0 Å². The molecule has 1 N–H and O–H groups in total. The molecule has 134 valence electrons. The Morgan fingerprint density at radius 3 is 2.58 bits per heavy atom. The van der Waals surface area contributed by atoms with Crippen LogP contribution in [-0.4, -0.2) is 27.1 Å². The van der Waals surface area contributed by atoms with Crippen LogP contribution in [0.5, 0.6) is 0 Å². The fourth-order valence-electron chi connectivity index (χ4n) is 3.54. The first kappa shape index (κ1) is 19.2. The van der Waals surface area contributed by atoms with E-state index >= 15 is 0 Å². The smallest absolute Gasteiger partial charge is 0.169 e. The van der Waals surface area contributed by atoms with Gasteiger partial charge in [-0.3, -0.25) is 4.98 Å². The third-order valence-corrected chi connectivity index (χ3v) is 5.46. The molecule has 1 saturated carbocycles. The molecule has 1 aromatic heterocycles. The van der Waals surface area contributed by atoms with Gasteiger partial charge in [-0.2, -0.15) is 0 Å². The molecule has 0 aromatic carbocycles. The maximum Gasteiger partial charge on any atom is 0.169 e. The SMILES string of the molecule is CCCCCC(CC)NC(=S)N(Cc1ccncc1)C1CCCC1. The van der Waals surface area contributed by atoms with E-state index in [0.717, 1.165) is 18.1 Å². The van der Waals surface area contributed by atoms with Crippen molar-refractivity contribution in [2.45, 2.75) is 90.3 Å². The van der Waals surface area contributed by atoms with E-state index in [4.69, 9.17) is 12.2 Å². The van der Waals surface area contributed by atoms with Gasteiger partial charge in [-0.15, -0.1) is 0 Å². The van der Waals surface area contributed by atoms with E-state index in [1.165, 1.54) is 56.9 Å². The molecule has 24 heavy (non-hydrogen) atoms. The molecule has 1 aromatic rings. The lowest BCUT2D eigenvalue weighted by Crippen LogP contribution is -2.48. The molecule has 0 amide bonds. The molecular weight excluding hydrogens is 314 g/mol. The van der Waals surface area contributed by atoms with Crippen molar-refractivity contribution in [1.29, 1.82) is 0 Å². The molecule has 1 aliphatic rings. The molecule has 1 heterocycles. The number of nitrogens with zero attached hydrogens (tertiary/aromatic N) is 2. The molecule has 0 spiro atoms. The zero-order chi connectivity index (χ0) is 17.2. The van der Waals surface area contributed by atoms with Crippen molar-refractivity contribution in [2.24, 2.45) is 0 Å². The Morgan fingerprint density at radius 2 is 1.96 bits per heavy atom. The van der Waals surface area contributed by atoms with Gasteiger partial charge in [0.15, 0.2) is 5.11 Å². The second-order valence-corrected chi connectivity index (χ2v) is 7.36. The molecule has 1 fully saturated rings. The molecule has 0 saturated heterocycles. The van der Waals surface area contributed by atoms with Crippen LogP contribution < -0.4 is 5.32 Å². The van der Waals surface area contributed by atoms with E-state index in [-0.39, 0.29) is 0 Å². The summed E-state index contributed by atoms with van der Waals surface area (Å²) in [6, 6.07) is 5.29. The number of hydrogen-bond donors (Lipinski definition) is 1. The second kappa shape index (κ2) is 10.7. The van der Waals surface area contributed by atoms with Gasteiger partial charge in [0, 0.05) is 31.0 Å². The van der Waals surface area contributed by atoms with Crippen molar-refractivity contribution in [3.63, 3.8) is 0 Å². The van der Waals surface area contributed by atoms with Gasteiger partial charge >= 0.3 is 0 Å². The minimum atomic E-state index is 0.505. The first-order chi connectivity index (χ1) is 11.7. The molecule has 0 aliphatic heterocycles. The van der Waals surface area contributed by atoms with Crippen LogP contribution in [0.2, 0.25) is 0 Å². The maximum absolute atomic E-state index is 5.83. The number of rotatable bonds is 9. The van der Waals surface area contributed by atoms with Gasteiger partial charge in [0.1, 0.15) is 0 Å². The lowest BCUT2D eigenvalue weighted by atomic mass is 10.1. The Kier molecular flexibility index (Phi) is 8.51. The van der Waals surface area contributed by atoms with Crippen LogP contribution in [0.25, 0.3) is 0 Å². The summed E-state index contributed by atoms with van der Waals surface area (Å²) >= 11 is 5.83. The maximum atomic E-state index is 5.83. The highest BCUT2D eigenvalue weighted by Gasteiger charge is 2.25. The standard InChI is InChI=1S/C20H33N3S/c1-3-5-6-9-18(4-2)22-20(24)23(19-10-7-8-11-19)16-17-12-14-21-15-13-17/h12-15,18-19H,3-11,16H2,1-2H3,(H,22,24). The van der Waals surface area contributed by atoms with Crippen LogP contribution >= 0.6 is 12.2 Å². The van der Waals surface area contributed by atoms with Crippen LogP contribution in [0.4, 0.5) is 0 Å². The Bertz CT molecular complexity index is 471. The first-order valence-electron chi connectivity index (χ1n) is 9.70. The lowest BCUT2D eigenvalue weighted by molar-refractivity contribution is 0.297. The van der Waals surface area contributed by atoms with E-state index in [1.807, 2.05) is 12.4 Å². The zero-order valence-electron chi connectivity index (χ0n) is 15.3. The number of nitrogens with one attached hydrogen (secondary N) is 1. The van der Waals surface area contributed by atoms with Crippen LogP contribution in [0.1, 0.15) is 77.2 Å². The summed E-state index contributed by atoms with van der Waals surface area (Å²) in [7, 11) is 0. The van der Waals surface area contributed by atoms with Gasteiger partial charge in [0.25, 0.3) is 0 Å². The average Bonchev–Trinajstić information content (AvgIpc) is 3.14. The highest BCUT2D eigenvalue weighted by Crippen LogP contribution is 2.25. The molecule has 0 radical (unpaired) electrons. The fraction of sp³-hybridized carbons (Fsp3) is 0.700. The Morgan fingerprint density at radius 1 is 1.25 bits per heavy atom. The van der Waals surface area contributed by atoms with Gasteiger partial charge in [0.05, 0.1) is 0 Å². The average molecular weight is 348 g/mol. The van der Waals surface area contributed by atoms with Gasteiger partial charge in [-0.1, -0.05) is 46.0 Å². The Balaban J connectivity index is 1.98. The number of unbranched alkanes of at least 4 members (excludes halogenated alkanes) is 2. The highest BCUT2D eigenvalue weighted by atomic mass is 32.1. The highest BCUT2D eigenvalue weighted by molar-refractivity contribution is 7.80. The van der Waals surface area contributed by atoms with Crippen molar-refractivity contribution in [2.75, 3.05) is 0 Å². The molecular formula is C20H33N3S. The Labute approximate surface area is 153 Å². The predicted molar refractivity (Wildman–Crippen MR) is 106 cm³/mol. The molecule has 4 heteroatoms. The topological polar surface area (TPSA) is 28.2 Å². The molecule has 0 bridgehead atoms. The summed E-state index contributed by atoms with van der Waals surface area (Å²) in [6.07, 6.45) is 15.2. The Hall–Kier alpha value is -1.16. The molecule has 2 rings (SSSR count). The van der Waals surface area contributed by atoms with Gasteiger partial charge in [-0.05, 0) is 55.6 Å². The van der Waals surface area contributed by atoms with E-state index in [9.17, 15) is 0 Å². The van der Waals surface area contributed by atoms with Crippen molar-refractivity contribution in [3.05, 3.63) is 30.1 Å². The monoisotopic (exact) mass is 347 g/mol. The van der Waals surface area contributed by atoms with E-state index in [1.54, 1.807) is 0 Å². The lowest BCUT2D eigenvalue weighted by Gasteiger charge is -2.34. The normalized spacial score (nSPS) is 16.1. The minimum absolute atomic E-state index is 0.505. The molecule has 1 unspecified atom stereocenters. The number of aromatic nitrogens is 1. The van der Waals surface area contributed by atoms with Crippen molar-refractivity contribution in [3.8, 4) is 0 Å². The van der Waals surface area contributed by atoms with Crippen LogP contribution in [0.15, 0.2) is 24.5 Å². The third kappa shape index (κ3) is 6.04. The van der Waals surface area contributed by atoms with Crippen molar-refractivity contribution >= 4 is 17.3 Å². The number of thiocarbonyl (C=S) groups is 1. The molecule has 1 atom stereocenters. The predicted octanol–water partition coefficient (Wildman–Crippen LogP) is 5.06. The first-order valence-corrected chi connectivity index (χ1v) is 10.1. The van der Waals surface area contributed by atoms with Crippen molar-refractivity contribution in [1.82, 2.24) is 15.2 Å². The fourth-order valence-corrected chi connectivity index (χ4v) is 3.92. The van der Waals surface area contributed by atoms with Crippen molar-refractivity contribution < 1.29 is 0 Å². The summed E-state index contributed by atoms with van der Waals surface area (Å²) in [5, 5.41) is 4.61. The second-order valence-electron chi connectivity index (χ2n) is 6.97. The van der Waals surface area contributed by atoms with E-state index in [2.05, 4.69) is 41.2 Å². The van der Waals surface area contributed by atoms with E-state index in [0.29, 0.717) is 12.1 Å². The summed E-state index contributed by atoms with van der Waals surface area (Å²) in [5.41, 5.74) is 1.29. The zero-order valence-corrected chi connectivity index (χ0v) is 16.2. The summed E-state index contributed by atoms with van der Waals surface area (Å²) in [5.74, 6) is 0. The molecule has 3 nitrogen and oxygen atoms in total. The molecule has 1 aliphatic carbocycles. The van der Waals surface area contributed by atoms with Gasteiger partial charge in [-0.25, -0.2) is 0 Å². The summed E-state index contributed by atoms with van der Waals surface area (Å²) < 4.78 is 0. The number of hydrogen-bond acceptors (Lipinski definition) is 2. The largest absolute Gasteiger partial charge is 0.360 e. The number of pyridine rings is 1. The summed E-state index contributed by atoms with van der Waals surface area (Å²) in [6.45, 7) is 5.41. The van der Waals surface area contributed by atoms with Crippen LogP contribution in [-0.2, 0) is 6.54 Å². The van der Waals surface area contributed by atoms with E-state index < -0.39 is 0 Å². The van der Waals surface area contributed by atoms with Gasteiger partial charge in [0.2, 0.25) is 0 Å². The quantitative estimate of drug-likeness (QED) is 0.499. The minimum Gasteiger partial charge on any atom is -0.360 e. The van der Waals surface area contributed by atoms with Gasteiger partial charge < -0.3 is 10.2 Å².